The van der Waals surface area contributed by atoms with Crippen LogP contribution in [-0.2, 0) is 9.59 Å². The van der Waals surface area contributed by atoms with Crippen molar-refractivity contribution in [2.24, 2.45) is 0 Å². The Morgan fingerprint density at radius 3 is 1.88 bits per heavy atom. The molecule has 4 heteroatoms. The van der Waals surface area contributed by atoms with Gasteiger partial charge in [-0.3, -0.25) is 4.79 Å². The van der Waals surface area contributed by atoms with Crippen LogP contribution in [0, 0.1) is 0 Å². The predicted molar refractivity (Wildman–Crippen MR) is 109 cm³/mol. The van der Waals surface area contributed by atoms with Crippen LogP contribution in [0.3, 0.4) is 0 Å². The number of carbonyl (C=O) groups excluding carboxylic acids is 1. The molecule has 0 bridgehead atoms. The predicted octanol–water partition coefficient (Wildman–Crippen LogP) is 5.78. The summed E-state index contributed by atoms with van der Waals surface area (Å²) in [5.74, 6) is -1.15. The molecule has 1 amide bonds. The summed E-state index contributed by atoms with van der Waals surface area (Å²) >= 11 is 0. The molecule has 0 aromatic heterocycles. The first-order chi connectivity index (χ1) is 12.6. The van der Waals surface area contributed by atoms with Gasteiger partial charge in [-0.25, -0.2) is 4.79 Å². The fourth-order valence-corrected chi connectivity index (χ4v) is 2.71. The Hall–Kier alpha value is -1.58. The first-order valence-corrected chi connectivity index (χ1v) is 10.4. The Bertz CT molecular complexity index is 416. The molecule has 0 rings (SSSR count). The van der Waals surface area contributed by atoms with E-state index in [9.17, 15) is 9.59 Å². The zero-order chi connectivity index (χ0) is 19.5. The molecule has 0 saturated carbocycles. The highest BCUT2D eigenvalue weighted by atomic mass is 16.4. The standard InChI is InChI=1S/C22H39NO3/c1-3-4-5-6-7-8-9-10-11-12-13-14-15-16-17-18-21(24)23-19-20(2)22(25)26/h6-7H,2-5,8-19H2,1H3,(H,23,24)(H,25,26)/b7-6-. The van der Waals surface area contributed by atoms with E-state index in [1.807, 2.05) is 0 Å². The molecule has 150 valence electrons. The van der Waals surface area contributed by atoms with Gasteiger partial charge in [0, 0.05) is 18.5 Å². The highest BCUT2D eigenvalue weighted by molar-refractivity contribution is 5.87. The van der Waals surface area contributed by atoms with Crippen molar-refractivity contribution in [2.75, 3.05) is 6.54 Å². The van der Waals surface area contributed by atoms with Gasteiger partial charge in [-0.2, -0.15) is 0 Å². The summed E-state index contributed by atoms with van der Waals surface area (Å²) in [6, 6.07) is 0. The largest absolute Gasteiger partial charge is 0.478 e. The zero-order valence-electron chi connectivity index (χ0n) is 16.7. The van der Waals surface area contributed by atoms with Crippen LogP contribution in [0.2, 0.25) is 0 Å². The number of unbranched alkanes of at least 4 members (excludes halogenated alkanes) is 11. The highest BCUT2D eigenvalue weighted by Crippen LogP contribution is 2.11. The van der Waals surface area contributed by atoms with Gasteiger partial charge in [0.1, 0.15) is 0 Å². The average Bonchev–Trinajstić information content (AvgIpc) is 2.62. The van der Waals surface area contributed by atoms with Crippen molar-refractivity contribution in [3.63, 3.8) is 0 Å². The van der Waals surface area contributed by atoms with E-state index >= 15 is 0 Å². The lowest BCUT2D eigenvalue weighted by molar-refractivity contribution is -0.132. The Morgan fingerprint density at radius 2 is 1.35 bits per heavy atom. The molecule has 0 aliphatic carbocycles. The van der Waals surface area contributed by atoms with Crippen LogP contribution in [0.5, 0.6) is 0 Å². The minimum absolute atomic E-state index is 0.0193. The summed E-state index contributed by atoms with van der Waals surface area (Å²) < 4.78 is 0. The fraction of sp³-hybridized carbons (Fsp3) is 0.727. The van der Waals surface area contributed by atoms with E-state index in [-0.39, 0.29) is 18.0 Å². The minimum atomic E-state index is -1.06. The molecule has 26 heavy (non-hydrogen) atoms. The maximum Gasteiger partial charge on any atom is 0.332 e. The number of carbonyl (C=O) groups is 2. The van der Waals surface area contributed by atoms with E-state index in [2.05, 4.69) is 31.0 Å². The summed E-state index contributed by atoms with van der Waals surface area (Å²) in [4.78, 5) is 22.1. The fourth-order valence-electron chi connectivity index (χ4n) is 2.71. The van der Waals surface area contributed by atoms with Crippen LogP contribution in [0.1, 0.15) is 96.8 Å². The lowest BCUT2D eigenvalue weighted by atomic mass is 10.1. The molecule has 0 fully saturated rings. The van der Waals surface area contributed by atoms with E-state index in [1.54, 1.807) is 0 Å². The van der Waals surface area contributed by atoms with E-state index in [1.165, 1.54) is 70.6 Å². The van der Waals surface area contributed by atoms with Gasteiger partial charge in [-0.1, -0.05) is 83.4 Å². The molecule has 0 spiro atoms. The number of rotatable bonds is 18. The van der Waals surface area contributed by atoms with Crippen molar-refractivity contribution >= 4 is 11.9 Å². The second-order valence-electron chi connectivity index (χ2n) is 7.02. The quantitative estimate of drug-likeness (QED) is 0.184. The summed E-state index contributed by atoms with van der Waals surface area (Å²) in [6.45, 7) is 5.65. The molecule has 4 nitrogen and oxygen atoms in total. The maximum absolute atomic E-state index is 11.6. The topological polar surface area (TPSA) is 66.4 Å². The number of carboxylic acid groups (broad SMARTS) is 1. The molecule has 0 saturated heterocycles. The Labute approximate surface area is 160 Å². The van der Waals surface area contributed by atoms with Crippen molar-refractivity contribution in [3.8, 4) is 0 Å². The van der Waals surface area contributed by atoms with Gasteiger partial charge in [-0.15, -0.1) is 0 Å². The van der Waals surface area contributed by atoms with Gasteiger partial charge in [0.2, 0.25) is 5.91 Å². The smallest absolute Gasteiger partial charge is 0.332 e. The molecule has 2 N–H and O–H groups in total. The van der Waals surface area contributed by atoms with Gasteiger partial charge in [0.05, 0.1) is 0 Å². The van der Waals surface area contributed by atoms with Gasteiger partial charge in [0.15, 0.2) is 0 Å². The van der Waals surface area contributed by atoms with E-state index in [0.29, 0.717) is 6.42 Å². The van der Waals surface area contributed by atoms with Crippen LogP contribution in [-0.4, -0.2) is 23.5 Å². The molecule has 0 aliphatic rings. The van der Waals surface area contributed by atoms with Gasteiger partial charge in [-0.05, 0) is 25.7 Å². The Morgan fingerprint density at radius 1 is 0.846 bits per heavy atom. The Balaban J connectivity index is 3.26. The lowest BCUT2D eigenvalue weighted by Gasteiger charge is -2.05. The Kier molecular flexibility index (Phi) is 17.1. The number of aliphatic carboxylic acids is 1. The summed E-state index contributed by atoms with van der Waals surface area (Å²) in [5.41, 5.74) is 0.0193. The lowest BCUT2D eigenvalue weighted by Crippen LogP contribution is -2.27. The van der Waals surface area contributed by atoms with Gasteiger partial charge >= 0.3 is 5.97 Å². The molecule has 0 heterocycles. The van der Waals surface area contributed by atoms with E-state index < -0.39 is 5.97 Å². The van der Waals surface area contributed by atoms with Crippen molar-refractivity contribution < 1.29 is 14.7 Å². The van der Waals surface area contributed by atoms with Crippen LogP contribution < -0.4 is 5.32 Å². The number of carboxylic acids is 1. The highest BCUT2D eigenvalue weighted by Gasteiger charge is 2.06. The van der Waals surface area contributed by atoms with Crippen LogP contribution >= 0.6 is 0 Å². The number of hydrogen-bond donors (Lipinski definition) is 2. The maximum atomic E-state index is 11.6. The first kappa shape index (κ1) is 24.4. The van der Waals surface area contributed by atoms with Gasteiger partial charge in [0.25, 0.3) is 0 Å². The van der Waals surface area contributed by atoms with Crippen LogP contribution in [0.25, 0.3) is 0 Å². The third-order valence-corrected chi connectivity index (χ3v) is 4.47. The third kappa shape index (κ3) is 17.2. The number of amides is 1. The molecular weight excluding hydrogens is 326 g/mol. The zero-order valence-corrected chi connectivity index (χ0v) is 16.7. The second-order valence-corrected chi connectivity index (χ2v) is 7.02. The van der Waals surface area contributed by atoms with Crippen molar-refractivity contribution in [2.45, 2.75) is 96.8 Å². The molecule has 0 unspecified atom stereocenters. The molecular formula is C22H39NO3. The molecule has 0 radical (unpaired) electrons. The molecule has 0 aliphatic heterocycles. The van der Waals surface area contributed by atoms with Crippen LogP contribution in [0.15, 0.2) is 24.3 Å². The number of nitrogens with one attached hydrogen (secondary N) is 1. The second kappa shape index (κ2) is 18.2. The summed E-state index contributed by atoms with van der Waals surface area (Å²) in [6.07, 6.45) is 21.1. The van der Waals surface area contributed by atoms with E-state index in [4.69, 9.17) is 5.11 Å². The van der Waals surface area contributed by atoms with Crippen molar-refractivity contribution in [1.29, 1.82) is 0 Å². The normalized spacial score (nSPS) is 11.0. The van der Waals surface area contributed by atoms with Crippen LogP contribution in [0.4, 0.5) is 0 Å². The molecule has 0 aromatic carbocycles. The minimum Gasteiger partial charge on any atom is -0.478 e. The van der Waals surface area contributed by atoms with Crippen molar-refractivity contribution in [3.05, 3.63) is 24.3 Å². The third-order valence-electron chi connectivity index (χ3n) is 4.47. The first-order valence-electron chi connectivity index (χ1n) is 10.4. The number of hydrogen-bond acceptors (Lipinski definition) is 2. The summed E-state index contributed by atoms with van der Waals surface area (Å²) in [5, 5.41) is 11.2. The monoisotopic (exact) mass is 365 g/mol. The molecule has 0 aromatic rings. The molecule has 0 atom stereocenters. The van der Waals surface area contributed by atoms with Crippen molar-refractivity contribution in [1.82, 2.24) is 5.32 Å². The summed E-state index contributed by atoms with van der Waals surface area (Å²) in [7, 11) is 0. The van der Waals surface area contributed by atoms with Gasteiger partial charge < -0.3 is 10.4 Å². The SMILES string of the molecule is C=C(CNC(=O)CCCCCCCCCCC/C=C\CCCC)C(=O)O. The van der Waals surface area contributed by atoms with E-state index in [0.717, 1.165) is 12.8 Å². The number of allylic oxidation sites excluding steroid dienone is 2. The average molecular weight is 366 g/mol.